The third kappa shape index (κ3) is 4.39. The van der Waals surface area contributed by atoms with Crippen molar-refractivity contribution in [2.24, 2.45) is 0 Å². The smallest absolute Gasteiger partial charge is 0.265 e. The molecule has 32 heavy (non-hydrogen) atoms. The molecule has 0 atom stereocenters. The molecule has 3 aromatic carbocycles. The van der Waals surface area contributed by atoms with Crippen molar-refractivity contribution < 1.29 is 9.53 Å². The van der Waals surface area contributed by atoms with Crippen molar-refractivity contribution in [2.45, 2.75) is 27.7 Å². The van der Waals surface area contributed by atoms with Gasteiger partial charge < -0.3 is 10.1 Å². The van der Waals surface area contributed by atoms with Crippen molar-refractivity contribution in [3.8, 4) is 11.4 Å². The van der Waals surface area contributed by atoms with Crippen molar-refractivity contribution in [3.63, 3.8) is 0 Å². The van der Waals surface area contributed by atoms with E-state index < -0.39 is 0 Å². The molecule has 6 heteroatoms. The van der Waals surface area contributed by atoms with Crippen LogP contribution in [0, 0.1) is 27.7 Å². The first-order valence-electron chi connectivity index (χ1n) is 10.4. The van der Waals surface area contributed by atoms with E-state index in [1.807, 2.05) is 64.1 Å². The Morgan fingerprint density at radius 2 is 1.69 bits per heavy atom. The standard InChI is InChI=1S/C26H25N3O3/c1-16-11-17(2)13-21(12-16)32-15-25(30)28-23-10-9-20(14-18(23)3)29-19(4)27-24-8-6-5-7-22(24)26(29)31/h5-14H,15H2,1-4H3,(H,28,30). The second kappa shape index (κ2) is 8.67. The first kappa shape index (κ1) is 21.3. The van der Waals surface area contributed by atoms with E-state index in [1.54, 1.807) is 22.8 Å². The molecule has 0 fully saturated rings. The molecule has 162 valence electrons. The van der Waals surface area contributed by atoms with Gasteiger partial charge in [0, 0.05) is 5.69 Å². The molecule has 4 rings (SSSR count). The second-order valence-corrected chi connectivity index (χ2v) is 7.98. The lowest BCUT2D eigenvalue weighted by Crippen LogP contribution is -2.23. The zero-order valence-corrected chi connectivity index (χ0v) is 18.6. The number of fused-ring (bicyclic) bond motifs is 1. The van der Waals surface area contributed by atoms with E-state index in [-0.39, 0.29) is 18.1 Å². The molecule has 0 aliphatic heterocycles. The number of hydrogen-bond acceptors (Lipinski definition) is 4. The fourth-order valence-electron chi connectivity index (χ4n) is 3.83. The number of amides is 1. The van der Waals surface area contributed by atoms with Crippen molar-refractivity contribution in [2.75, 3.05) is 11.9 Å². The monoisotopic (exact) mass is 427 g/mol. The molecule has 0 aliphatic rings. The molecular weight excluding hydrogens is 402 g/mol. The number of aromatic nitrogens is 2. The van der Waals surface area contributed by atoms with Crippen molar-refractivity contribution >= 4 is 22.5 Å². The van der Waals surface area contributed by atoms with Gasteiger partial charge in [0.2, 0.25) is 0 Å². The predicted octanol–water partition coefficient (Wildman–Crippen LogP) is 4.64. The van der Waals surface area contributed by atoms with E-state index in [0.29, 0.717) is 33.9 Å². The third-order valence-electron chi connectivity index (χ3n) is 5.25. The molecule has 0 bridgehead atoms. The van der Waals surface area contributed by atoms with Gasteiger partial charge in [-0.3, -0.25) is 14.2 Å². The van der Waals surface area contributed by atoms with E-state index in [9.17, 15) is 9.59 Å². The predicted molar refractivity (Wildman–Crippen MR) is 127 cm³/mol. The molecule has 0 aliphatic carbocycles. The summed E-state index contributed by atoms with van der Waals surface area (Å²) in [6.45, 7) is 7.59. The Morgan fingerprint density at radius 1 is 0.969 bits per heavy atom. The average Bonchev–Trinajstić information content (AvgIpc) is 2.73. The first-order chi connectivity index (χ1) is 15.3. The maximum atomic E-state index is 13.0. The number of carbonyl (C=O) groups excluding carboxylic acids is 1. The lowest BCUT2D eigenvalue weighted by molar-refractivity contribution is -0.118. The Bertz CT molecular complexity index is 1370. The van der Waals surface area contributed by atoms with Crippen LogP contribution >= 0.6 is 0 Å². The van der Waals surface area contributed by atoms with Crippen LogP contribution in [-0.2, 0) is 4.79 Å². The number of hydrogen-bond donors (Lipinski definition) is 1. The van der Waals surface area contributed by atoms with Crippen molar-refractivity contribution in [1.82, 2.24) is 9.55 Å². The van der Waals surface area contributed by atoms with Crippen LogP contribution in [0.15, 0.2) is 65.5 Å². The summed E-state index contributed by atoms with van der Waals surface area (Å²) in [6.07, 6.45) is 0. The quantitative estimate of drug-likeness (QED) is 0.504. The average molecular weight is 428 g/mol. The van der Waals surface area contributed by atoms with Gasteiger partial charge in [0.15, 0.2) is 6.61 Å². The van der Waals surface area contributed by atoms with Crippen LogP contribution in [0.1, 0.15) is 22.5 Å². The number of ether oxygens (including phenoxy) is 1. The number of nitrogens with zero attached hydrogens (tertiary/aromatic N) is 2. The molecule has 0 unspecified atom stereocenters. The molecule has 0 spiro atoms. The van der Waals surface area contributed by atoms with Gasteiger partial charge in [0.1, 0.15) is 11.6 Å². The van der Waals surface area contributed by atoms with E-state index in [2.05, 4.69) is 16.4 Å². The van der Waals surface area contributed by atoms with Crippen LogP contribution in [0.2, 0.25) is 0 Å². The van der Waals surface area contributed by atoms with E-state index in [0.717, 1.165) is 16.7 Å². The molecular formula is C26H25N3O3. The Kier molecular flexibility index (Phi) is 5.77. The number of rotatable bonds is 5. The van der Waals surface area contributed by atoms with Crippen LogP contribution in [0.25, 0.3) is 16.6 Å². The Morgan fingerprint density at radius 3 is 2.41 bits per heavy atom. The van der Waals surface area contributed by atoms with Gasteiger partial charge in [0.25, 0.3) is 11.5 Å². The van der Waals surface area contributed by atoms with Crippen molar-refractivity contribution in [3.05, 3.63) is 93.5 Å². The van der Waals surface area contributed by atoms with E-state index in [4.69, 9.17) is 4.74 Å². The topological polar surface area (TPSA) is 73.2 Å². The lowest BCUT2D eigenvalue weighted by atomic mass is 10.1. The lowest BCUT2D eigenvalue weighted by Gasteiger charge is -2.14. The Hall–Kier alpha value is -3.93. The number of benzene rings is 3. The normalized spacial score (nSPS) is 10.9. The van der Waals surface area contributed by atoms with Crippen LogP contribution in [0.3, 0.4) is 0 Å². The highest BCUT2D eigenvalue weighted by Crippen LogP contribution is 2.21. The molecule has 4 aromatic rings. The van der Waals surface area contributed by atoms with Gasteiger partial charge in [-0.2, -0.15) is 0 Å². The highest BCUT2D eigenvalue weighted by atomic mass is 16.5. The molecule has 1 aromatic heterocycles. The Balaban J connectivity index is 1.53. The summed E-state index contributed by atoms with van der Waals surface area (Å²) in [6, 6.07) is 18.6. The summed E-state index contributed by atoms with van der Waals surface area (Å²) < 4.78 is 7.23. The van der Waals surface area contributed by atoms with Crippen LogP contribution in [-0.4, -0.2) is 22.1 Å². The first-order valence-corrected chi connectivity index (χ1v) is 10.4. The molecule has 0 radical (unpaired) electrons. The summed E-state index contributed by atoms with van der Waals surface area (Å²) in [5, 5.41) is 3.45. The van der Waals surface area contributed by atoms with Gasteiger partial charge in [-0.25, -0.2) is 4.98 Å². The maximum absolute atomic E-state index is 13.0. The highest BCUT2D eigenvalue weighted by Gasteiger charge is 2.12. The highest BCUT2D eigenvalue weighted by molar-refractivity contribution is 5.92. The fraction of sp³-hybridized carbons (Fsp3) is 0.192. The minimum atomic E-state index is -0.249. The number of nitrogens with one attached hydrogen (secondary N) is 1. The van der Waals surface area contributed by atoms with E-state index in [1.165, 1.54) is 0 Å². The Labute approximate surface area is 186 Å². The maximum Gasteiger partial charge on any atom is 0.265 e. The minimum Gasteiger partial charge on any atom is -0.484 e. The van der Waals surface area contributed by atoms with Crippen LogP contribution in [0.4, 0.5) is 5.69 Å². The second-order valence-electron chi connectivity index (χ2n) is 7.98. The molecule has 0 saturated carbocycles. The third-order valence-corrected chi connectivity index (χ3v) is 5.25. The molecule has 6 nitrogen and oxygen atoms in total. The molecule has 1 heterocycles. The van der Waals surface area contributed by atoms with Gasteiger partial charge in [0.05, 0.1) is 16.6 Å². The van der Waals surface area contributed by atoms with Gasteiger partial charge in [-0.1, -0.05) is 18.2 Å². The molecule has 1 amide bonds. The number of aryl methyl sites for hydroxylation is 4. The number of anilines is 1. The summed E-state index contributed by atoms with van der Waals surface area (Å²) in [5.41, 5.74) is 4.93. The largest absolute Gasteiger partial charge is 0.484 e. The zero-order valence-electron chi connectivity index (χ0n) is 18.6. The van der Waals surface area contributed by atoms with Crippen LogP contribution in [0.5, 0.6) is 5.75 Å². The molecule has 0 saturated heterocycles. The number of carbonyl (C=O) groups is 1. The SMILES string of the molecule is Cc1cc(C)cc(OCC(=O)Nc2ccc(-n3c(C)nc4ccccc4c3=O)cc2C)c1. The molecule has 1 N–H and O–H groups in total. The zero-order chi connectivity index (χ0) is 22.8. The van der Waals surface area contributed by atoms with Gasteiger partial charge in [-0.05, 0) is 86.8 Å². The summed E-state index contributed by atoms with van der Waals surface area (Å²) in [4.78, 5) is 30.0. The summed E-state index contributed by atoms with van der Waals surface area (Å²) in [5.74, 6) is 1.02. The van der Waals surface area contributed by atoms with Crippen molar-refractivity contribution in [1.29, 1.82) is 0 Å². The van der Waals surface area contributed by atoms with E-state index >= 15 is 0 Å². The van der Waals surface area contributed by atoms with Gasteiger partial charge >= 0.3 is 0 Å². The summed E-state index contributed by atoms with van der Waals surface area (Å²) >= 11 is 0. The minimum absolute atomic E-state index is 0.0861. The fourth-order valence-corrected chi connectivity index (χ4v) is 3.83. The van der Waals surface area contributed by atoms with Crippen LogP contribution < -0.4 is 15.6 Å². The summed E-state index contributed by atoms with van der Waals surface area (Å²) in [7, 11) is 0. The van der Waals surface area contributed by atoms with Gasteiger partial charge in [-0.15, -0.1) is 0 Å². The number of para-hydroxylation sites is 1.